The highest BCUT2D eigenvalue weighted by Crippen LogP contribution is 2.18. The maximum atomic E-state index is 5.86. The summed E-state index contributed by atoms with van der Waals surface area (Å²) in [6.45, 7) is 5.16. The summed E-state index contributed by atoms with van der Waals surface area (Å²) in [7, 11) is 3.96. The van der Waals surface area contributed by atoms with E-state index in [0.29, 0.717) is 18.4 Å². The molecule has 0 aliphatic rings. The zero-order chi connectivity index (χ0) is 14.7. The van der Waals surface area contributed by atoms with Gasteiger partial charge in [-0.15, -0.1) is 0 Å². The van der Waals surface area contributed by atoms with E-state index >= 15 is 0 Å². The quantitative estimate of drug-likeness (QED) is 0.847. The number of pyridine rings is 1. The third kappa shape index (κ3) is 3.48. The van der Waals surface area contributed by atoms with Crippen LogP contribution in [0.3, 0.4) is 0 Å². The molecule has 0 aliphatic carbocycles. The number of H-pyrrole nitrogens is 1. The summed E-state index contributed by atoms with van der Waals surface area (Å²) >= 11 is 0. The molecule has 3 N–H and O–H groups in total. The SMILES string of the molecule is CC(C)CC(CN)Cc1nc2nc(N(C)C)ccc2[nH]1. The van der Waals surface area contributed by atoms with Crippen molar-refractivity contribution in [2.24, 2.45) is 17.6 Å². The largest absolute Gasteiger partial charge is 0.363 e. The first kappa shape index (κ1) is 14.8. The summed E-state index contributed by atoms with van der Waals surface area (Å²) in [6.07, 6.45) is 2.02. The molecule has 0 aromatic carbocycles. The van der Waals surface area contributed by atoms with Crippen LogP contribution in [0, 0.1) is 11.8 Å². The number of aromatic amines is 1. The molecule has 0 bridgehead atoms. The van der Waals surface area contributed by atoms with Gasteiger partial charge in [0.2, 0.25) is 0 Å². The highest BCUT2D eigenvalue weighted by Gasteiger charge is 2.13. The van der Waals surface area contributed by atoms with Crippen molar-refractivity contribution in [2.75, 3.05) is 25.5 Å². The van der Waals surface area contributed by atoms with Gasteiger partial charge in [-0.3, -0.25) is 0 Å². The number of nitrogens with zero attached hydrogens (tertiary/aromatic N) is 3. The molecular formula is C15H25N5. The number of aromatic nitrogens is 3. The monoisotopic (exact) mass is 275 g/mol. The minimum atomic E-state index is 0.476. The van der Waals surface area contributed by atoms with Gasteiger partial charge in [0.05, 0.1) is 5.52 Å². The molecule has 1 unspecified atom stereocenters. The van der Waals surface area contributed by atoms with Gasteiger partial charge in [0.25, 0.3) is 0 Å². The number of anilines is 1. The van der Waals surface area contributed by atoms with E-state index in [1.54, 1.807) is 0 Å². The first-order valence-corrected chi connectivity index (χ1v) is 7.22. The molecule has 1 atom stereocenters. The number of imidazole rings is 1. The van der Waals surface area contributed by atoms with Gasteiger partial charge in [-0.25, -0.2) is 9.97 Å². The van der Waals surface area contributed by atoms with Crippen molar-refractivity contribution in [1.82, 2.24) is 15.0 Å². The van der Waals surface area contributed by atoms with Crippen LogP contribution < -0.4 is 10.6 Å². The summed E-state index contributed by atoms with van der Waals surface area (Å²) in [5, 5.41) is 0. The highest BCUT2D eigenvalue weighted by molar-refractivity contribution is 5.73. The summed E-state index contributed by atoms with van der Waals surface area (Å²) < 4.78 is 0. The molecule has 2 aromatic heterocycles. The average molecular weight is 275 g/mol. The Morgan fingerprint density at radius 1 is 1.25 bits per heavy atom. The maximum absolute atomic E-state index is 5.86. The molecule has 0 saturated heterocycles. The van der Waals surface area contributed by atoms with E-state index in [-0.39, 0.29) is 0 Å². The predicted octanol–water partition coefficient (Wildman–Crippen LogP) is 2.19. The first-order chi connectivity index (χ1) is 9.49. The molecule has 0 amide bonds. The fourth-order valence-electron chi connectivity index (χ4n) is 2.48. The first-order valence-electron chi connectivity index (χ1n) is 7.22. The van der Waals surface area contributed by atoms with Crippen molar-refractivity contribution in [3.8, 4) is 0 Å². The minimum absolute atomic E-state index is 0.476. The van der Waals surface area contributed by atoms with Crippen LogP contribution in [0.4, 0.5) is 5.82 Å². The Balaban J connectivity index is 2.18. The lowest BCUT2D eigenvalue weighted by Crippen LogP contribution is -2.19. The van der Waals surface area contributed by atoms with Gasteiger partial charge in [-0.05, 0) is 36.9 Å². The molecule has 110 valence electrons. The molecule has 5 heteroatoms. The van der Waals surface area contributed by atoms with Crippen molar-refractivity contribution in [3.05, 3.63) is 18.0 Å². The van der Waals surface area contributed by atoms with Gasteiger partial charge in [0.1, 0.15) is 11.6 Å². The van der Waals surface area contributed by atoms with Crippen molar-refractivity contribution >= 4 is 17.0 Å². The van der Waals surface area contributed by atoms with Crippen molar-refractivity contribution in [2.45, 2.75) is 26.7 Å². The van der Waals surface area contributed by atoms with Gasteiger partial charge >= 0.3 is 0 Å². The molecule has 0 saturated carbocycles. The Morgan fingerprint density at radius 3 is 2.60 bits per heavy atom. The lowest BCUT2D eigenvalue weighted by atomic mass is 9.94. The Morgan fingerprint density at radius 2 is 2.00 bits per heavy atom. The van der Waals surface area contributed by atoms with Crippen LogP contribution in [0.1, 0.15) is 26.1 Å². The standard InChI is InChI=1S/C15H25N5/c1-10(2)7-11(9-16)8-13-17-12-5-6-14(20(3)4)19-15(12)18-13/h5-6,10-11H,7-9,16H2,1-4H3,(H,17,18,19). The van der Waals surface area contributed by atoms with Gasteiger partial charge in [-0.2, -0.15) is 0 Å². The molecule has 20 heavy (non-hydrogen) atoms. The number of nitrogens with one attached hydrogen (secondary N) is 1. The maximum Gasteiger partial charge on any atom is 0.179 e. The summed E-state index contributed by atoms with van der Waals surface area (Å²) in [4.78, 5) is 14.5. The molecule has 0 radical (unpaired) electrons. The molecule has 0 fully saturated rings. The van der Waals surface area contributed by atoms with Crippen molar-refractivity contribution in [3.63, 3.8) is 0 Å². The Bertz CT molecular complexity index is 558. The fourth-order valence-corrected chi connectivity index (χ4v) is 2.48. The highest BCUT2D eigenvalue weighted by atomic mass is 15.1. The summed E-state index contributed by atoms with van der Waals surface area (Å²) in [5.41, 5.74) is 7.64. The van der Waals surface area contributed by atoms with Crippen LogP contribution in [-0.2, 0) is 6.42 Å². The predicted molar refractivity (Wildman–Crippen MR) is 83.9 cm³/mol. The number of hydrogen-bond donors (Lipinski definition) is 2. The van der Waals surface area contributed by atoms with Gasteiger partial charge in [0.15, 0.2) is 5.65 Å². The van der Waals surface area contributed by atoms with E-state index in [0.717, 1.165) is 35.6 Å². The Labute approximate surface area is 120 Å². The van der Waals surface area contributed by atoms with Crippen LogP contribution >= 0.6 is 0 Å². The van der Waals surface area contributed by atoms with Crippen LogP contribution in [0.5, 0.6) is 0 Å². The minimum Gasteiger partial charge on any atom is -0.363 e. The molecule has 2 heterocycles. The lowest BCUT2D eigenvalue weighted by Gasteiger charge is -2.15. The Kier molecular flexibility index (Phi) is 4.60. The number of rotatable bonds is 6. The molecular weight excluding hydrogens is 250 g/mol. The van der Waals surface area contributed by atoms with Crippen LogP contribution in [0.2, 0.25) is 0 Å². The van der Waals surface area contributed by atoms with E-state index < -0.39 is 0 Å². The molecule has 2 rings (SSSR count). The summed E-state index contributed by atoms with van der Waals surface area (Å²) in [6, 6.07) is 4.03. The van der Waals surface area contributed by atoms with Gasteiger partial charge in [-0.1, -0.05) is 13.8 Å². The van der Waals surface area contributed by atoms with Crippen LogP contribution in [-0.4, -0.2) is 35.6 Å². The zero-order valence-corrected chi connectivity index (χ0v) is 12.8. The van der Waals surface area contributed by atoms with Gasteiger partial charge in [0, 0.05) is 20.5 Å². The zero-order valence-electron chi connectivity index (χ0n) is 12.8. The molecule has 5 nitrogen and oxygen atoms in total. The normalized spacial score (nSPS) is 13.1. The molecule has 0 aliphatic heterocycles. The average Bonchev–Trinajstić information content (AvgIpc) is 2.78. The van der Waals surface area contributed by atoms with E-state index in [4.69, 9.17) is 5.73 Å². The van der Waals surface area contributed by atoms with E-state index in [2.05, 4.69) is 28.8 Å². The summed E-state index contributed by atoms with van der Waals surface area (Å²) in [5.74, 6) is 3.04. The smallest absolute Gasteiger partial charge is 0.179 e. The number of nitrogens with two attached hydrogens (primary N) is 1. The second-order valence-electron chi connectivity index (χ2n) is 6.05. The van der Waals surface area contributed by atoms with Crippen molar-refractivity contribution < 1.29 is 0 Å². The number of fused-ring (bicyclic) bond motifs is 1. The van der Waals surface area contributed by atoms with Crippen LogP contribution in [0.25, 0.3) is 11.2 Å². The lowest BCUT2D eigenvalue weighted by molar-refractivity contribution is 0.410. The third-order valence-electron chi connectivity index (χ3n) is 3.46. The second kappa shape index (κ2) is 6.22. The van der Waals surface area contributed by atoms with E-state index in [1.165, 1.54) is 0 Å². The molecule has 0 spiro atoms. The fraction of sp³-hybridized carbons (Fsp3) is 0.600. The third-order valence-corrected chi connectivity index (χ3v) is 3.46. The van der Waals surface area contributed by atoms with E-state index in [9.17, 15) is 0 Å². The van der Waals surface area contributed by atoms with E-state index in [1.807, 2.05) is 31.1 Å². The van der Waals surface area contributed by atoms with Gasteiger partial charge < -0.3 is 15.6 Å². The molecule has 2 aromatic rings. The van der Waals surface area contributed by atoms with Crippen molar-refractivity contribution in [1.29, 1.82) is 0 Å². The Hall–Kier alpha value is -1.62. The topological polar surface area (TPSA) is 70.8 Å². The van der Waals surface area contributed by atoms with Crippen LogP contribution in [0.15, 0.2) is 12.1 Å². The second-order valence-corrected chi connectivity index (χ2v) is 6.05. The number of hydrogen-bond acceptors (Lipinski definition) is 4.